The molecule has 0 aromatic carbocycles. The van der Waals surface area contributed by atoms with E-state index in [1.165, 1.54) is 0 Å². The normalized spacial score (nSPS) is 12.6. The summed E-state index contributed by atoms with van der Waals surface area (Å²) in [5.41, 5.74) is 4.74. The zero-order valence-corrected chi connectivity index (χ0v) is 10.1. The van der Waals surface area contributed by atoms with Crippen molar-refractivity contribution in [3.63, 3.8) is 0 Å². The van der Waals surface area contributed by atoms with Gasteiger partial charge in [-0.2, -0.15) is 0 Å². The lowest BCUT2D eigenvalue weighted by Gasteiger charge is -2.13. The molecule has 5 heteroatoms. The van der Waals surface area contributed by atoms with Gasteiger partial charge in [0.1, 0.15) is 0 Å². The lowest BCUT2D eigenvalue weighted by Crippen LogP contribution is -2.29. The van der Waals surface area contributed by atoms with Gasteiger partial charge in [-0.1, -0.05) is 6.07 Å². The number of rotatable bonds is 4. The Bertz CT molecular complexity index is 444. The summed E-state index contributed by atoms with van der Waals surface area (Å²) in [7, 11) is 0. The maximum atomic E-state index is 5.54. The first-order chi connectivity index (χ1) is 7.81. The van der Waals surface area contributed by atoms with Crippen molar-refractivity contribution >= 4 is 15.9 Å². The Hall–Kier alpha value is -1.17. The van der Waals surface area contributed by atoms with Crippen LogP contribution in [-0.2, 0) is 6.42 Å². The molecule has 0 aliphatic carbocycles. The zero-order valence-electron chi connectivity index (χ0n) is 8.56. The highest BCUT2D eigenvalue weighted by Gasteiger charge is 2.16. The summed E-state index contributed by atoms with van der Waals surface area (Å²) >= 11 is 3.34. The molecule has 3 N–H and O–H groups in total. The number of nitrogens with zero attached hydrogens (tertiary/aromatic N) is 1. The lowest BCUT2D eigenvalue weighted by molar-refractivity contribution is 0.504. The fourth-order valence-electron chi connectivity index (χ4n) is 1.54. The van der Waals surface area contributed by atoms with Gasteiger partial charge >= 0.3 is 0 Å². The van der Waals surface area contributed by atoms with Crippen molar-refractivity contribution in [1.29, 1.82) is 0 Å². The van der Waals surface area contributed by atoms with E-state index in [1.807, 2.05) is 24.3 Å². The Labute approximate surface area is 102 Å². The third-order valence-electron chi connectivity index (χ3n) is 2.36. The van der Waals surface area contributed by atoms with Crippen LogP contribution in [0.3, 0.4) is 0 Å². The number of aromatic nitrogens is 1. The summed E-state index contributed by atoms with van der Waals surface area (Å²) in [6.07, 6.45) is 4.12. The molecule has 2 aromatic rings. The van der Waals surface area contributed by atoms with Crippen molar-refractivity contribution in [2.75, 3.05) is 0 Å². The van der Waals surface area contributed by atoms with E-state index >= 15 is 0 Å². The Morgan fingerprint density at radius 1 is 1.44 bits per heavy atom. The smallest absolute Gasteiger partial charge is 0.173 e. The Balaban J connectivity index is 2.16. The van der Waals surface area contributed by atoms with Crippen LogP contribution in [0.4, 0.5) is 0 Å². The third kappa shape index (κ3) is 2.49. The van der Waals surface area contributed by atoms with E-state index in [-0.39, 0.29) is 6.04 Å². The molecule has 2 rings (SSSR count). The number of pyridine rings is 1. The Morgan fingerprint density at radius 2 is 2.31 bits per heavy atom. The van der Waals surface area contributed by atoms with Gasteiger partial charge in [0.25, 0.3) is 0 Å². The SMILES string of the molecule is NNC(Cc1ccccn1)c1ccoc1Br. The first-order valence-electron chi connectivity index (χ1n) is 4.90. The van der Waals surface area contributed by atoms with Gasteiger partial charge in [0.2, 0.25) is 0 Å². The molecule has 0 spiro atoms. The van der Waals surface area contributed by atoms with Crippen LogP contribution in [-0.4, -0.2) is 4.98 Å². The predicted molar refractivity (Wildman–Crippen MR) is 64.4 cm³/mol. The second-order valence-electron chi connectivity index (χ2n) is 3.39. The van der Waals surface area contributed by atoms with Crippen LogP contribution in [0, 0.1) is 0 Å². The molecule has 84 valence electrons. The number of hydrazine groups is 1. The molecule has 0 aliphatic heterocycles. The number of nitrogens with two attached hydrogens (primary N) is 1. The molecular weight excluding hydrogens is 270 g/mol. The van der Waals surface area contributed by atoms with Crippen LogP contribution in [0.1, 0.15) is 17.3 Å². The van der Waals surface area contributed by atoms with Crippen LogP contribution >= 0.6 is 15.9 Å². The maximum Gasteiger partial charge on any atom is 0.173 e. The second-order valence-corrected chi connectivity index (χ2v) is 4.11. The highest BCUT2D eigenvalue weighted by molar-refractivity contribution is 9.10. The van der Waals surface area contributed by atoms with Gasteiger partial charge < -0.3 is 4.42 Å². The number of halogens is 1. The molecule has 0 saturated carbocycles. The average Bonchev–Trinajstić information content (AvgIpc) is 2.74. The number of hydrogen-bond acceptors (Lipinski definition) is 4. The van der Waals surface area contributed by atoms with Gasteiger partial charge in [0.05, 0.1) is 12.3 Å². The van der Waals surface area contributed by atoms with Gasteiger partial charge in [0.15, 0.2) is 4.67 Å². The van der Waals surface area contributed by atoms with E-state index in [2.05, 4.69) is 26.3 Å². The highest BCUT2D eigenvalue weighted by Crippen LogP contribution is 2.26. The molecule has 0 radical (unpaired) electrons. The predicted octanol–water partition coefficient (Wildman–Crippen LogP) is 2.18. The van der Waals surface area contributed by atoms with Crippen LogP contribution < -0.4 is 11.3 Å². The minimum absolute atomic E-state index is 0.0111. The molecule has 2 aromatic heterocycles. The summed E-state index contributed by atoms with van der Waals surface area (Å²) < 4.78 is 5.89. The van der Waals surface area contributed by atoms with Crippen molar-refractivity contribution in [3.05, 3.63) is 52.7 Å². The number of furan rings is 1. The summed E-state index contributed by atoms with van der Waals surface area (Å²) in [5, 5.41) is 0. The van der Waals surface area contributed by atoms with E-state index < -0.39 is 0 Å². The van der Waals surface area contributed by atoms with E-state index in [1.54, 1.807) is 12.5 Å². The maximum absolute atomic E-state index is 5.54. The molecule has 1 unspecified atom stereocenters. The molecule has 2 heterocycles. The first-order valence-corrected chi connectivity index (χ1v) is 5.69. The molecule has 0 saturated heterocycles. The molecule has 0 bridgehead atoms. The average molecular weight is 282 g/mol. The molecule has 4 nitrogen and oxygen atoms in total. The topological polar surface area (TPSA) is 64.1 Å². The highest BCUT2D eigenvalue weighted by atomic mass is 79.9. The van der Waals surface area contributed by atoms with E-state index in [9.17, 15) is 0 Å². The largest absolute Gasteiger partial charge is 0.457 e. The van der Waals surface area contributed by atoms with Crippen molar-refractivity contribution < 1.29 is 4.42 Å². The molecule has 0 amide bonds. The first kappa shape index (κ1) is 11.3. The minimum atomic E-state index is -0.0111. The van der Waals surface area contributed by atoms with Crippen LogP contribution in [0.5, 0.6) is 0 Å². The zero-order chi connectivity index (χ0) is 11.4. The Morgan fingerprint density at radius 3 is 2.88 bits per heavy atom. The summed E-state index contributed by atoms with van der Waals surface area (Å²) in [6, 6.07) is 7.70. The molecular formula is C11H12BrN3O. The van der Waals surface area contributed by atoms with Gasteiger partial charge in [-0.15, -0.1) is 0 Å². The van der Waals surface area contributed by atoms with Crippen LogP contribution in [0.2, 0.25) is 0 Å². The number of hydrogen-bond donors (Lipinski definition) is 2. The summed E-state index contributed by atoms with van der Waals surface area (Å²) in [4.78, 5) is 4.26. The van der Waals surface area contributed by atoms with E-state index in [0.29, 0.717) is 4.67 Å². The van der Waals surface area contributed by atoms with Gasteiger partial charge in [-0.25, -0.2) is 0 Å². The monoisotopic (exact) mass is 281 g/mol. The molecule has 0 fully saturated rings. The van der Waals surface area contributed by atoms with Crippen LogP contribution in [0.15, 0.2) is 45.8 Å². The summed E-state index contributed by atoms with van der Waals surface area (Å²) in [5.74, 6) is 5.54. The van der Waals surface area contributed by atoms with Crippen molar-refractivity contribution in [3.8, 4) is 0 Å². The number of nitrogens with one attached hydrogen (secondary N) is 1. The third-order valence-corrected chi connectivity index (χ3v) is 3.01. The van der Waals surface area contributed by atoms with E-state index in [4.69, 9.17) is 10.3 Å². The second kappa shape index (κ2) is 5.25. The van der Waals surface area contributed by atoms with Gasteiger partial charge in [0, 0.05) is 23.9 Å². The van der Waals surface area contributed by atoms with Crippen LogP contribution in [0.25, 0.3) is 0 Å². The van der Waals surface area contributed by atoms with Gasteiger partial charge in [-0.3, -0.25) is 16.3 Å². The molecule has 1 atom stereocenters. The standard InChI is InChI=1S/C11H12BrN3O/c12-11-9(4-6-16-11)10(15-13)7-8-3-1-2-5-14-8/h1-6,10,15H,7,13H2. The lowest BCUT2D eigenvalue weighted by atomic mass is 10.1. The van der Waals surface area contributed by atoms with E-state index in [0.717, 1.165) is 17.7 Å². The molecule has 0 aliphatic rings. The fraction of sp³-hybridized carbons (Fsp3) is 0.182. The minimum Gasteiger partial charge on any atom is -0.457 e. The molecule has 16 heavy (non-hydrogen) atoms. The van der Waals surface area contributed by atoms with Crippen molar-refractivity contribution in [2.45, 2.75) is 12.5 Å². The van der Waals surface area contributed by atoms with Crippen molar-refractivity contribution in [2.24, 2.45) is 5.84 Å². The quantitative estimate of drug-likeness (QED) is 0.666. The fourth-order valence-corrected chi connectivity index (χ4v) is 2.06. The van der Waals surface area contributed by atoms with Gasteiger partial charge in [-0.05, 0) is 34.1 Å². The summed E-state index contributed by atoms with van der Waals surface area (Å²) in [6.45, 7) is 0. The van der Waals surface area contributed by atoms with Crippen molar-refractivity contribution in [1.82, 2.24) is 10.4 Å². The Kier molecular flexibility index (Phi) is 3.71.